The number of rotatable bonds is 4. The van der Waals surface area contributed by atoms with Crippen LogP contribution in [-0.4, -0.2) is 41.3 Å². The molecule has 0 aromatic heterocycles. The zero-order chi connectivity index (χ0) is 9.73. The molecule has 0 radical (unpaired) electrons. The quantitative estimate of drug-likeness (QED) is 0.611. The van der Waals surface area contributed by atoms with Crippen LogP contribution in [0.3, 0.4) is 0 Å². The van der Waals surface area contributed by atoms with E-state index in [-0.39, 0.29) is 12.1 Å². The van der Waals surface area contributed by atoms with Gasteiger partial charge in [-0.2, -0.15) is 11.8 Å². The van der Waals surface area contributed by atoms with Crippen molar-refractivity contribution in [3.63, 3.8) is 0 Å². The van der Waals surface area contributed by atoms with Gasteiger partial charge < -0.3 is 16.2 Å². The molecule has 0 saturated carbocycles. The largest absolute Gasteiger partial charge is 0.395 e. The monoisotopic (exact) mass is 204 g/mol. The molecule has 4 heteroatoms. The maximum atomic E-state index is 8.78. The van der Waals surface area contributed by atoms with Crippen LogP contribution in [-0.2, 0) is 0 Å². The summed E-state index contributed by atoms with van der Waals surface area (Å²) in [5.41, 5.74) is 5.87. The van der Waals surface area contributed by atoms with Gasteiger partial charge in [-0.05, 0) is 18.6 Å². The smallest absolute Gasteiger partial charge is 0.0556 e. The minimum absolute atomic E-state index is 0.0612. The summed E-state index contributed by atoms with van der Waals surface area (Å²) < 4.78 is 0. The Labute approximate surface area is 84.5 Å². The summed E-state index contributed by atoms with van der Waals surface area (Å²) >= 11 is 1.98. The molecular weight excluding hydrogens is 184 g/mol. The van der Waals surface area contributed by atoms with Crippen LogP contribution in [0.5, 0.6) is 0 Å². The van der Waals surface area contributed by atoms with Crippen LogP contribution in [0.2, 0.25) is 0 Å². The normalized spacial score (nSPS) is 34.8. The van der Waals surface area contributed by atoms with Gasteiger partial charge in [0.1, 0.15) is 0 Å². The number of nitrogens with one attached hydrogen (secondary N) is 1. The zero-order valence-corrected chi connectivity index (χ0v) is 9.07. The highest BCUT2D eigenvalue weighted by Crippen LogP contribution is 2.33. The molecule has 3 nitrogen and oxygen atoms in total. The molecule has 0 amide bonds. The number of hydrogen-bond acceptors (Lipinski definition) is 4. The minimum Gasteiger partial charge on any atom is -0.395 e. The maximum Gasteiger partial charge on any atom is 0.0556 e. The van der Waals surface area contributed by atoms with E-state index < -0.39 is 0 Å². The Morgan fingerprint density at radius 1 is 1.69 bits per heavy atom. The van der Waals surface area contributed by atoms with Crippen molar-refractivity contribution in [3.05, 3.63) is 0 Å². The van der Waals surface area contributed by atoms with E-state index in [1.165, 1.54) is 12.2 Å². The molecule has 13 heavy (non-hydrogen) atoms. The summed E-state index contributed by atoms with van der Waals surface area (Å²) in [4.78, 5) is 0. The van der Waals surface area contributed by atoms with Gasteiger partial charge in [0.25, 0.3) is 0 Å². The lowest BCUT2D eigenvalue weighted by molar-refractivity contribution is 0.240. The maximum absolute atomic E-state index is 8.78. The van der Waals surface area contributed by atoms with Gasteiger partial charge in [0.2, 0.25) is 0 Å². The standard InChI is InChI=1S/C9H20N2OS/c1-8-9(7-10,11-4-5-12)3-2-6-13-8/h8,11-12H,2-7,10H2,1H3. The number of thioether (sulfide) groups is 1. The first-order valence-electron chi connectivity index (χ1n) is 4.93. The summed E-state index contributed by atoms with van der Waals surface area (Å²) in [6.07, 6.45) is 2.36. The number of aliphatic hydroxyl groups excluding tert-OH is 1. The van der Waals surface area contributed by atoms with Gasteiger partial charge >= 0.3 is 0 Å². The molecule has 4 N–H and O–H groups in total. The lowest BCUT2D eigenvalue weighted by Crippen LogP contribution is -2.59. The Morgan fingerprint density at radius 3 is 3.00 bits per heavy atom. The second kappa shape index (κ2) is 5.20. The van der Waals surface area contributed by atoms with Gasteiger partial charge in [-0.15, -0.1) is 0 Å². The fraction of sp³-hybridized carbons (Fsp3) is 1.00. The van der Waals surface area contributed by atoms with Gasteiger partial charge in [-0.3, -0.25) is 0 Å². The molecular formula is C9H20N2OS. The molecule has 1 aliphatic rings. The van der Waals surface area contributed by atoms with Crippen LogP contribution >= 0.6 is 11.8 Å². The van der Waals surface area contributed by atoms with Crippen LogP contribution in [0.25, 0.3) is 0 Å². The Morgan fingerprint density at radius 2 is 2.46 bits per heavy atom. The lowest BCUT2D eigenvalue weighted by atomic mass is 9.89. The van der Waals surface area contributed by atoms with Gasteiger partial charge in [-0.1, -0.05) is 6.92 Å². The predicted molar refractivity (Wildman–Crippen MR) is 58.0 cm³/mol. The zero-order valence-electron chi connectivity index (χ0n) is 8.25. The first-order valence-corrected chi connectivity index (χ1v) is 5.97. The molecule has 78 valence electrons. The lowest BCUT2D eigenvalue weighted by Gasteiger charge is -2.42. The van der Waals surface area contributed by atoms with Crippen LogP contribution in [0.15, 0.2) is 0 Å². The van der Waals surface area contributed by atoms with E-state index in [0.717, 1.165) is 6.42 Å². The van der Waals surface area contributed by atoms with Crippen molar-refractivity contribution in [1.29, 1.82) is 0 Å². The number of nitrogens with two attached hydrogens (primary N) is 1. The van der Waals surface area contributed by atoms with Crippen LogP contribution in [0.4, 0.5) is 0 Å². The van der Waals surface area contributed by atoms with Crippen LogP contribution < -0.4 is 11.1 Å². The predicted octanol–water partition coefficient (Wildman–Crippen LogP) is 0.181. The Bertz CT molecular complexity index is 157. The second-order valence-electron chi connectivity index (χ2n) is 3.63. The van der Waals surface area contributed by atoms with E-state index in [4.69, 9.17) is 10.8 Å². The second-order valence-corrected chi connectivity index (χ2v) is 5.08. The summed E-state index contributed by atoms with van der Waals surface area (Å²) in [6.45, 7) is 3.74. The molecule has 1 heterocycles. The third kappa shape index (κ3) is 2.59. The third-order valence-corrected chi connectivity index (χ3v) is 4.34. The molecule has 2 atom stereocenters. The van der Waals surface area contributed by atoms with Gasteiger partial charge in [-0.25, -0.2) is 0 Å². The molecule has 0 spiro atoms. The summed E-state index contributed by atoms with van der Waals surface area (Å²) in [6, 6.07) is 0. The van der Waals surface area contributed by atoms with Gasteiger partial charge in [0.15, 0.2) is 0 Å². The number of hydrogen-bond donors (Lipinski definition) is 3. The molecule has 1 rings (SSSR count). The van der Waals surface area contributed by atoms with Crippen LogP contribution in [0, 0.1) is 0 Å². The van der Waals surface area contributed by atoms with Crippen molar-refractivity contribution in [2.45, 2.75) is 30.6 Å². The molecule has 1 aliphatic heterocycles. The van der Waals surface area contributed by atoms with E-state index in [9.17, 15) is 0 Å². The number of aliphatic hydroxyl groups is 1. The molecule has 0 aromatic carbocycles. The van der Waals surface area contributed by atoms with E-state index in [2.05, 4.69) is 12.2 Å². The first-order chi connectivity index (χ1) is 6.25. The van der Waals surface area contributed by atoms with Crippen molar-refractivity contribution in [3.8, 4) is 0 Å². The van der Waals surface area contributed by atoms with E-state index >= 15 is 0 Å². The van der Waals surface area contributed by atoms with Crippen molar-refractivity contribution in [2.24, 2.45) is 5.73 Å². The fourth-order valence-corrected chi connectivity index (χ4v) is 3.17. The van der Waals surface area contributed by atoms with Crippen LogP contribution in [0.1, 0.15) is 19.8 Å². The molecule has 0 aliphatic carbocycles. The molecule has 1 saturated heterocycles. The topological polar surface area (TPSA) is 58.3 Å². The SMILES string of the molecule is CC1SCCCC1(CN)NCCO. The fourth-order valence-electron chi connectivity index (χ4n) is 1.89. The van der Waals surface area contributed by atoms with E-state index in [0.29, 0.717) is 18.3 Å². The van der Waals surface area contributed by atoms with E-state index in [1.807, 2.05) is 11.8 Å². The highest BCUT2D eigenvalue weighted by Gasteiger charge is 2.36. The Balaban J connectivity index is 2.53. The van der Waals surface area contributed by atoms with Crippen molar-refractivity contribution in [2.75, 3.05) is 25.4 Å². The number of β-amino-alcohol motifs (C(OH)–C–C–N with tert-alkyl or cyclic N) is 1. The molecule has 1 fully saturated rings. The third-order valence-electron chi connectivity index (χ3n) is 2.87. The first kappa shape index (κ1) is 11.3. The van der Waals surface area contributed by atoms with Crippen molar-refractivity contribution >= 4 is 11.8 Å². The highest BCUT2D eigenvalue weighted by molar-refractivity contribution is 8.00. The van der Waals surface area contributed by atoms with Gasteiger partial charge in [0, 0.05) is 23.9 Å². The van der Waals surface area contributed by atoms with Crippen molar-refractivity contribution in [1.82, 2.24) is 5.32 Å². The molecule has 2 unspecified atom stereocenters. The Kier molecular flexibility index (Phi) is 4.52. The average Bonchev–Trinajstić information content (AvgIpc) is 2.17. The van der Waals surface area contributed by atoms with Gasteiger partial charge in [0.05, 0.1) is 6.61 Å². The van der Waals surface area contributed by atoms with Crippen molar-refractivity contribution < 1.29 is 5.11 Å². The molecule has 0 bridgehead atoms. The average molecular weight is 204 g/mol. The highest BCUT2D eigenvalue weighted by atomic mass is 32.2. The summed E-state index contributed by atoms with van der Waals surface area (Å²) in [7, 11) is 0. The Hall–Kier alpha value is 0.230. The summed E-state index contributed by atoms with van der Waals surface area (Å²) in [5.74, 6) is 1.24. The minimum atomic E-state index is 0.0612. The van der Waals surface area contributed by atoms with E-state index in [1.54, 1.807) is 0 Å². The molecule has 0 aromatic rings. The summed E-state index contributed by atoms with van der Waals surface area (Å²) in [5, 5.41) is 12.7.